The smallest absolute Gasteiger partial charge is 0.0708 e. The van der Waals surface area contributed by atoms with Crippen LogP contribution in [0.2, 0.25) is 0 Å². The van der Waals surface area contributed by atoms with Crippen LogP contribution in [-0.2, 0) is 0 Å². The predicted molar refractivity (Wildman–Crippen MR) is 65.6 cm³/mol. The van der Waals surface area contributed by atoms with Crippen LogP contribution >= 0.6 is 0 Å². The molecule has 94 valence electrons. The Labute approximate surface area is 98.6 Å². The highest BCUT2D eigenvalue weighted by molar-refractivity contribution is 4.84. The molecule has 2 aliphatic heterocycles. The van der Waals surface area contributed by atoms with Crippen LogP contribution in [0, 0.1) is 0 Å². The van der Waals surface area contributed by atoms with Crippen molar-refractivity contribution < 1.29 is 5.11 Å². The second-order valence-corrected chi connectivity index (χ2v) is 5.15. The molecule has 0 aromatic rings. The normalized spacial score (nSPS) is 35.6. The second-order valence-electron chi connectivity index (χ2n) is 5.15. The third kappa shape index (κ3) is 3.17. The molecule has 2 rings (SSSR count). The molecule has 0 radical (unpaired) electrons. The molecule has 2 heterocycles. The summed E-state index contributed by atoms with van der Waals surface area (Å²) in [7, 11) is 2.19. The van der Waals surface area contributed by atoms with Gasteiger partial charge >= 0.3 is 0 Å². The highest BCUT2D eigenvalue weighted by atomic mass is 16.3. The average molecular weight is 227 g/mol. The number of likely N-dealkylation sites (N-methyl/N-ethyl adjacent to an activating group) is 1. The third-order valence-corrected chi connectivity index (χ3v) is 3.90. The summed E-state index contributed by atoms with van der Waals surface area (Å²) in [6.45, 7) is 6.60. The molecule has 0 unspecified atom stereocenters. The van der Waals surface area contributed by atoms with E-state index in [9.17, 15) is 5.11 Å². The van der Waals surface area contributed by atoms with E-state index in [0.29, 0.717) is 6.04 Å². The van der Waals surface area contributed by atoms with Crippen molar-refractivity contribution in [2.24, 2.45) is 0 Å². The van der Waals surface area contributed by atoms with Crippen molar-refractivity contribution in [3.8, 4) is 0 Å². The molecule has 0 aromatic carbocycles. The molecule has 16 heavy (non-hydrogen) atoms. The van der Waals surface area contributed by atoms with Crippen LogP contribution in [0.15, 0.2) is 0 Å². The van der Waals surface area contributed by atoms with Crippen LogP contribution in [0.3, 0.4) is 0 Å². The molecule has 0 spiro atoms. The minimum Gasteiger partial charge on any atom is -0.391 e. The fraction of sp³-hybridized carbons (Fsp3) is 1.00. The van der Waals surface area contributed by atoms with Gasteiger partial charge in [0.25, 0.3) is 0 Å². The van der Waals surface area contributed by atoms with E-state index in [1.807, 2.05) is 0 Å². The molecule has 0 bridgehead atoms. The zero-order chi connectivity index (χ0) is 11.4. The molecule has 0 aromatic heterocycles. The molecule has 0 aliphatic carbocycles. The minimum atomic E-state index is -0.140. The quantitative estimate of drug-likeness (QED) is 0.647. The predicted octanol–water partition coefficient (Wildman–Crippen LogP) is -0.263. The van der Waals surface area contributed by atoms with Gasteiger partial charge in [0.15, 0.2) is 0 Å². The molecule has 2 saturated heterocycles. The van der Waals surface area contributed by atoms with Gasteiger partial charge in [-0.15, -0.1) is 0 Å². The van der Waals surface area contributed by atoms with E-state index in [2.05, 4.69) is 22.2 Å². The molecule has 2 atom stereocenters. The summed E-state index contributed by atoms with van der Waals surface area (Å²) < 4.78 is 0. The fourth-order valence-electron chi connectivity index (χ4n) is 2.83. The van der Waals surface area contributed by atoms with Crippen LogP contribution in [0.4, 0.5) is 0 Å². The lowest BCUT2D eigenvalue weighted by Gasteiger charge is -2.32. The minimum absolute atomic E-state index is 0.140. The molecule has 0 amide bonds. The van der Waals surface area contributed by atoms with Gasteiger partial charge in [0.05, 0.1) is 6.10 Å². The Morgan fingerprint density at radius 2 is 1.88 bits per heavy atom. The van der Waals surface area contributed by atoms with Gasteiger partial charge in [-0.25, -0.2) is 0 Å². The Bertz CT molecular complexity index is 212. The van der Waals surface area contributed by atoms with Crippen molar-refractivity contribution in [2.45, 2.75) is 31.4 Å². The van der Waals surface area contributed by atoms with Gasteiger partial charge in [0.1, 0.15) is 0 Å². The Morgan fingerprint density at radius 1 is 1.06 bits per heavy atom. The van der Waals surface area contributed by atoms with E-state index in [1.54, 1.807) is 0 Å². The summed E-state index contributed by atoms with van der Waals surface area (Å²) in [6, 6.07) is 0.376. The van der Waals surface area contributed by atoms with Crippen LogP contribution in [0.25, 0.3) is 0 Å². The van der Waals surface area contributed by atoms with E-state index in [4.69, 9.17) is 0 Å². The molecule has 2 N–H and O–H groups in total. The second kappa shape index (κ2) is 5.96. The van der Waals surface area contributed by atoms with Gasteiger partial charge in [-0.2, -0.15) is 0 Å². The molecule has 2 fully saturated rings. The van der Waals surface area contributed by atoms with Crippen LogP contribution < -0.4 is 5.32 Å². The highest BCUT2D eigenvalue weighted by Crippen LogP contribution is 2.16. The van der Waals surface area contributed by atoms with Crippen molar-refractivity contribution in [3.05, 3.63) is 0 Å². The number of aliphatic hydroxyl groups excluding tert-OH is 1. The van der Waals surface area contributed by atoms with Crippen molar-refractivity contribution in [1.82, 2.24) is 15.1 Å². The molecule has 4 heteroatoms. The molecule has 4 nitrogen and oxygen atoms in total. The first-order valence-electron chi connectivity index (χ1n) is 6.59. The first-order valence-corrected chi connectivity index (χ1v) is 6.59. The summed E-state index contributed by atoms with van der Waals surface area (Å²) in [5, 5.41) is 13.5. The molecule has 2 aliphatic rings. The number of aliphatic hydroxyl groups is 1. The van der Waals surface area contributed by atoms with E-state index in [-0.39, 0.29) is 6.10 Å². The Hall–Kier alpha value is -0.160. The lowest BCUT2D eigenvalue weighted by atomic mass is 10.0. The van der Waals surface area contributed by atoms with Crippen LogP contribution in [0.5, 0.6) is 0 Å². The van der Waals surface area contributed by atoms with Crippen molar-refractivity contribution in [1.29, 1.82) is 0 Å². The van der Waals surface area contributed by atoms with Gasteiger partial charge in [0, 0.05) is 19.1 Å². The third-order valence-electron chi connectivity index (χ3n) is 3.90. The lowest BCUT2D eigenvalue weighted by molar-refractivity contribution is 0.0492. The average Bonchev–Trinajstić information content (AvgIpc) is 2.59. The summed E-state index contributed by atoms with van der Waals surface area (Å²) in [5.74, 6) is 0. The van der Waals surface area contributed by atoms with E-state index < -0.39 is 0 Å². The maximum Gasteiger partial charge on any atom is 0.0708 e. The Morgan fingerprint density at radius 3 is 2.75 bits per heavy atom. The first-order chi connectivity index (χ1) is 7.77. The van der Waals surface area contributed by atoms with E-state index in [1.165, 1.54) is 13.0 Å². The van der Waals surface area contributed by atoms with E-state index >= 15 is 0 Å². The highest BCUT2D eigenvalue weighted by Gasteiger charge is 2.28. The number of nitrogens with one attached hydrogen (secondary N) is 1. The topological polar surface area (TPSA) is 38.7 Å². The van der Waals surface area contributed by atoms with Gasteiger partial charge in [-0.1, -0.05) is 0 Å². The van der Waals surface area contributed by atoms with Crippen molar-refractivity contribution in [3.63, 3.8) is 0 Å². The standard InChI is InChI=1S/C12H25N3O/c1-14-7-2-8-15(10-9-14)11-3-5-13-6-4-12(11)16/h11-13,16H,2-10H2,1H3/t11-,12-/m0/s1. The van der Waals surface area contributed by atoms with Crippen LogP contribution in [-0.4, -0.2) is 73.4 Å². The summed E-state index contributed by atoms with van der Waals surface area (Å²) in [6.07, 6.45) is 3.08. The Kier molecular flexibility index (Phi) is 4.58. The fourth-order valence-corrected chi connectivity index (χ4v) is 2.83. The zero-order valence-corrected chi connectivity index (χ0v) is 10.4. The molecule has 0 saturated carbocycles. The molecular formula is C12H25N3O. The number of hydrogen-bond donors (Lipinski definition) is 2. The number of rotatable bonds is 1. The van der Waals surface area contributed by atoms with Crippen molar-refractivity contribution >= 4 is 0 Å². The van der Waals surface area contributed by atoms with Gasteiger partial charge in [-0.3, -0.25) is 4.90 Å². The lowest BCUT2D eigenvalue weighted by Crippen LogP contribution is -2.45. The van der Waals surface area contributed by atoms with Crippen molar-refractivity contribution in [2.75, 3.05) is 46.3 Å². The zero-order valence-electron chi connectivity index (χ0n) is 10.4. The van der Waals surface area contributed by atoms with E-state index in [0.717, 1.165) is 45.6 Å². The summed E-state index contributed by atoms with van der Waals surface area (Å²) >= 11 is 0. The van der Waals surface area contributed by atoms with Gasteiger partial charge in [-0.05, 0) is 52.5 Å². The monoisotopic (exact) mass is 227 g/mol. The summed E-state index contributed by atoms with van der Waals surface area (Å²) in [5.41, 5.74) is 0. The first kappa shape index (κ1) is 12.3. The van der Waals surface area contributed by atoms with Gasteiger partial charge in [0.2, 0.25) is 0 Å². The number of hydrogen-bond acceptors (Lipinski definition) is 4. The maximum atomic E-state index is 10.2. The maximum absolute atomic E-state index is 10.2. The van der Waals surface area contributed by atoms with Gasteiger partial charge < -0.3 is 15.3 Å². The Balaban J connectivity index is 1.93. The van der Waals surface area contributed by atoms with Crippen LogP contribution in [0.1, 0.15) is 19.3 Å². The summed E-state index contributed by atoms with van der Waals surface area (Å²) in [4.78, 5) is 4.89. The molecular weight excluding hydrogens is 202 g/mol. The largest absolute Gasteiger partial charge is 0.391 e. The SMILES string of the molecule is CN1CCCN([C@H]2CCNCC[C@@H]2O)CC1. The number of nitrogens with zero attached hydrogens (tertiary/aromatic N) is 2.